The van der Waals surface area contributed by atoms with Gasteiger partial charge in [0, 0.05) is 11.8 Å². The second-order valence-corrected chi connectivity index (χ2v) is 4.44. The Bertz CT molecular complexity index is 701. The Labute approximate surface area is 133 Å². The number of hydrogen-bond acceptors (Lipinski definition) is 5. The molecule has 0 saturated carbocycles. The molecular formula is C16H16N4O3. The van der Waals surface area contributed by atoms with Crippen molar-refractivity contribution in [1.82, 2.24) is 15.7 Å². The maximum absolute atomic E-state index is 11.6. The standard InChI is InChI=1S/C16H16N4O3/c1-23-14-8-3-2-6-12(14)10-19-20-16(22)15(21)18-11-13-7-4-5-9-17-13/h2-10H,11H2,1H3,(H,18,21)(H,20,22). The van der Waals surface area contributed by atoms with E-state index in [1.54, 1.807) is 36.5 Å². The van der Waals surface area contributed by atoms with Crippen LogP contribution < -0.4 is 15.5 Å². The Hall–Kier alpha value is -3.22. The van der Waals surface area contributed by atoms with E-state index in [0.717, 1.165) is 0 Å². The van der Waals surface area contributed by atoms with Crippen LogP contribution in [0.2, 0.25) is 0 Å². The van der Waals surface area contributed by atoms with Crippen LogP contribution in [0.25, 0.3) is 0 Å². The Morgan fingerprint density at radius 3 is 2.70 bits per heavy atom. The number of rotatable bonds is 5. The molecule has 23 heavy (non-hydrogen) atoms. The minimum absolute atomic E-state index is 0.170. The number of hydrazone groups is 1. The van der Waals surface area contributed by atoms with Gasteiger partial charge >= 0.3 is 11.8 Å². The Balaban J connectivity index is 1.84. The molecule has 0 aliphatic rings. The van der Waals surface area contributed by atoms with E-state index in [0.29, 0.717) is 17.0 Å². The highest BCUT2D eigenvalue weighted by Crippen LogP contribution is 2.14. The molecule has 118 valence electrons. The van der Waals surface area contributed by atoms with Crippen LogP contribution in [0.1, 0.15) is 11.3 Å². The van der Waals surface area contributed by atoms with Gasteiger partial charge in [0.15, 0.2) is 0 Å². The van der Waals surface area contributed by atoms with E-state index in [4.69, 9.17) is 4.74 Å². The Morgan fingerprint density at radius 1 is 1.17 bits per heavy atom. The number of hydrogen-bond donors (Lipinski definition) is 2. The molecule has 2 N–H and O–H groups in total. The van der Waals surface area contributed by atoms with Gasteiger partial charge in [0.1, 0.15) is 5.75 Å². The summed E-state index contributed by atoms with van der Waals surface area (Å²) in [5, 5.41) is 6.20. The summed E-state index contributed by atoms with van der Waals surface area (Å²) in [6.07, 6.45) is 3.02. The minimum Gasteiger partial charge on any atom is -0.496 e. The third kappa shape index (κ3) is 4.92. The average molecular weight is 312 g/mol. The van der Waals surface area contributed by atoms with Crippen molar-refractivity contribution >= 4 is 18.0 Å². The highest BCUT2D eigenvalue weighted by molar-refractivity contribution is 6.35. The molecule has 2 rings (SSSR count). The van der Waals surface area contributed by atoms with Crippen molar-refractivity contribution in [2.45, 2.75) is 6.54 Å². The number of carbonyl (C=O) groups is 2. The molecule has 2 amide bonds. The van der Waals surface area contributed by atoms with Gasteiger partial charge in [-0.05, 0) is 24.3 Å². The SMILES string of the molecule is COc1ccccc1C=NNC(=O)C(=O)NCc1ccccn1. The fourth-order valence-corrected chi connectivity index (χ4v) is 1.74. The molecule has 0 spiro atoms. The number of nitrogens with zero attached hydrogens (tertiary/aromatic N) is 2. The zero-order valence-electron chi connectivity index (χ0n) is 12.5. The third-order valence-corrected chi connectivity index (χ3v) is 2.87. The lowest BCUT2D eigenvalue weighted by molar-refractivity contribution is -0.139. The van der Waals surface area contributed by atoms with E-state index in [1.807, 2.05) is 12.1 Å². The van der Waals surface area contributed by atoms with Crippen molar-refractivity contribution in [2.24, 2.45) is 5.10 Å². The van der Waals surface area contributed by atoms with E-state index in [9.17, 15) is 9.59 Å². The number of carbonyl (C=O) groups excluding carboxylic acids is 2. The predicted octanol–water partition coefficient (Wildman–Crippen LogP) is 0.857. The molecule has 0 aliphatic heterocycles. The third-order valence-electron chi connectivity index (χ3n) is 2.87. The first-order valence-electron chi connectivity index (χ1n) is 6.85. The van der Waals surface area contributed by atoms with E-state index >= 15 is 0 Å². The van der Waals surface area contributed by atoms with Gasteiger partial charge in [0.2, 0.25) is 0 Å². The van der Waals surface area contributed by atoms with Gasteiger partial charge < -0.3 is 10.1 Å². The molecule has 0 saturated heterocycles. The monoisotopic (exact) mass is 312 g/mol. The molecule has 7 heteroatoms. The normalized spacial score (nSPS) is 10.3. The van der Waals surface area contributed by atoms with Crippen LogP contribution >= 0.6 is 0 Å². The summed E-state index contributed by atoms with van der Waals surface area (Å²) in [5.41, 5.74) is 3.50. The molecule has 0 aliphatic carbocycles. The van der Waals surface area contributed by atoms with Crippen LogP contribution in [-0.4, -0.2) is 30.1 Å². The Morgan fingerprint density at radius 2 is 1.96 bits per heavy atom. The van der Waals surface area contributed by atoms with Crippen LogP contribution in [0.5, 0.6) is 5.75 Å². The predicted molar refractivity (Wildman–Crippen MR) is 84.8 cm³/mol. The lowest BCUT2D eigenvalue weighted by Crippen LogP contribution is -2.37. The minimum atomic E-state index is -0.855. The summed E-state index contributed by atoms with van der Waals surface area (Å²) < 4.78 is 5.15. The Kier molecular flexibility index (Phi) is 5.81. The molecule has 1 aromatic heterocycles. The lowest BCUT2D eigenvalue weighted by Gasteiger charge is -2.04. The smallest absolute Gasteiger partial charge is 0.329 e. The number of aromatic nitrogens is 1. The van der Waals surface area contributed by atoms with Crippen molar-refractivity contribution in [3.05, 3.63) is 59.9 Å². The van der Waals surface area contributed by atoms with E-state index < -0.39 is 11.8 Å². The van der Waals surface area contributed by atoms with Gasteiger partial charge in [-0.3, -0.25) is 14.6 Å². The summed E-state index contributed by atoms with van der Waals surface area (Å²) in [7, 11) is 1.54. The number of amides is 2. The maximum atomic E-state index is 11.6. The van der Waals surface area contributed by atoms with Crippen LogP contribution in [0.3, 0.4) is 0 Å². The molecule has 0 atom stereocenters. The van der Waals surface area contributed by atoms with Gasteiger partial charge in [-0.2, -0.15) is 5.10 Å². The second kappa shape index (κ2) is 8.28. The second-order valence-electron chi connectivity index (χ2n) is 4.44. The summed E-state index contributed by atoms with van der Waals surface area (Å²) in [4.78, 5) is 27.3. The topological polar surface area (TPSA) is 92.7 Å². The van der Waals surface area contributed by atoms with Crippen molar-refractivity contribution in [2.75, 3.05) is 7.11 Å². The fourth-order valence-electron chi connectivity index (χ4n) is 1.74. The molecule has 2 aromatic rings. The average Bonchev–Trinajstić information content (AvgIpc) is 2.60. The summed E-state index contributed by atoms with van der Waals surface area (Å²) >= 11 is 0. The first kappa shape index (κ1) is 16.2. The van der Waals surface area contributed by atoms with Gasteiger partial charge in [0.05, 0.1) is 25.6 Å². The van der Waals surface area contributed by atoms with Crippen LogP contribution in [0.4, 0.5) is 0 Å². The van der Waals surface area contributed by atoms with E-state index in [2.05, 4.69) is 20.8 Å². The van der Waals surface area contributed by atoms with Crippen LogP contribution in [-0.2, 0) is 16.1 Å². The molecule has 0 fully saturated rings. The van der Waals surface area contributed by atoms with Crippen molar-refractivity contribution in [3.8, 4) is 5.75 Å². The van der Waals surface area contributed by atoms with Crippen molar-refractivity contribution < 1.29 is 14.3 Å². The highest BCUT2D eigenvalue weighted by Gasteiger charge is 2.12. The highest BCUT2D eigenvalue weighted by atomic mass is 16.5. The maximum Gasteiger partial charge on any atom is 0.329 e. The van der Waals surface area contributed by atoms with Crippen LogP contribution in [0, 0.1) is 0 Å². The summed E-state index contributed by atoms with van der Waals surface area (Å²) in [6, 6.07) is 12.5. The van der Waals surface area contributed by atoms with Gasteiger partial charge in [-0.25, -0.2) is 5.43 Å². The van der Waals surface area contributed by atoms with Crippen molar-refractivity contribution in [1.29, 1.82) is 0 Å². The number of methoxy groups -OCH3 is 1. The molecule has 1 aromatic carbocycles. The van der Waals surface area contributed by atoms with Crippen LogP contribution in [0.15, 0.2) is 53.8 Å². The zero-order valence-corrected chi connectivity index (χ0v) is 12.5. The number of nitrogens with one attached hydrogen (secondary N) is 2. The molecule has 1 heterocycles. The molecule has 0 radical (unpaired) electrons. The first-order chi connectivity index (χ1) is 11.2. The molecule has 0 unspecified atom stereocenters. The molecule has 7 nitrogen and oxygen atoms in total. The lowest BCUT2D eigenvalue weighted by atomic mass is 10.2. The van der Waals surface area contributed by atoms with Gasteiger partial charge in [0.25, 0.3) is 0 Å². The van der Waals surface area contributed by atoms with Gasteiger partial charge in [-0.1, -0.05) is 18.2 Å². The van der Waals surface area contributed by atoms with E-state index in [-0.39, 0.29) is 6.54 Å². The summed E-state index contributed by atoms with van der Waals surface area (Å²) in [5.74, 6) is -1.02. The van der Waals surface area contributed by atoms with Gasteiger partial charge in [-0.15, -0.1) is 0 Å². The number of benzene rings is 1. The summed E-state index contributed by atoms with van der Waals surface area (Å²) in [6.45, 7) is 0.170. The largest absolute Gasteiger partial charge is 0.496 e. The zero-order chi connectivity index (χ0) is 16.5. The molecular weight excluding hydrogens is 296 g/mol. The molecule has 0 bridgehead atoms. The quantitative estimate of drug-likeness (QED) is 0.486. The number of pyridine rings is 1. The van der Waals surface area contributed by atoms with Crippen molar-refractivity contribution in [3.63, 3.8) is 0 Å². The van der Waals surface area contributed by atoms with E-state index in [1.165, 1.54) is 13.3 Å². The first-order valence-corrected chi connectivity index (χ1v) is 6.85. The fraction of sp³-hybridized carbons (Fsp3) is 0.125. The number of ether oxygens (including phenoxy) is 1. The number of para-hydroxylation sites is 1.